The van der Waals surface area contributed by atoms with Crippen molar-refractivity contribution in [3.8, 4) is 17.6 Å². The van der Waals surface area contributed by atoms with Crippen LogP contribution in [0.5, 0.6) is 5.75 Å². The molecule has 8 heteroatoms. The van der Waals surface area contributed by atoms with Crippen LogP contribution in [-0.2, 0) is 16.6 Å². The van der Waals surface area contributed by atoms with Crippen LogP contribution in [0.3, 0.4) is 0 Å². The van der Waals surface area contributed by atoms with Gasteiger partial charge in [-0.15, -0.1) is 0 Å². The molecule has 7 nitrogen and oxygen atoms in total. The molecule has 0 bridgehead atoms. The van der Waals surface area contributed by atoms with Gasteiger partial charge in [-0.25, -0.2) is 13.4 Å². The third-order valence-electron chi connectivity index (χ3n) is 6.45. The van der Waals surface area contributed by atoms with Crippen LogP contribution < -0.4 is 4.74 Å². The molecular weight excluding hydrogens is 486 g/mol. The van der Waals surface area contributed by atoms with Gasteiger partial charge in [-0.3, -0.25) is 4.90 Å². The first kappa shape index (κ1) is 26.8. The molecule has 3 atom stereocenters. The van der Waals surface area contributed by atoms with Crippen molar-refractivity contribution in [3.05, 3.63) is 89.7 Å². The average Bonchev–Trinajstić information content (AvgIpc) is 2.90. The van der Waals surface area contributed by atoms with Gasteiger partial charge in [0.1, 0.15) is 22.4 Å². The Morgan fingerprint density at radius 3 is 2.59 bits per heavy atom. The Bertz CT molecular complexity index is 1350. The molecule has 2 heterocycles. The number of ether oxygens (including phenoxy) is 1. The summed E-state index contributed by atoms with van der Waals surface area (Å²) in [7, 11) is -1.87. The van der Waals surface area contributed by atoms with E-state index in [4.69, 9.17) is 4.74 Å². The molecule has 3 aromatic rings. The smallest absolute Gasteiger partial charge is 0.247 e. The second kappa shape index (κ2) is 11.9. The molecule has 0 fully saturated rings. The summed E-state index contributed by atoms with van der Waals surface area (Å²) in [5.41, 5.74) is 2.44. The van der Waals surface area contributed by atoms with Crippen LogP contribution in [0.15, 0.2) is 77.8 Å². The molecule has 0 saturated heterocycles. The Kier molecular flexibility index (Phi) is 8.62. The third-order valence-corrected chi connectivity index (χ3v) is 8.47. The highest BCUT2D eigenvalue weighted by Gasteiger charge is 2.38. The topological polar surface area (TPSA) is 83.0 Å². The second-order valence-electron chi connectivity index (χ2n) is 9.55. The van der Waals surface area contributed by atoms with Gasteiger partial charge in [0.15, 0.2) is 0 Å². The molecule has 0 aliphatic carbocycles. The van der Waals surface area contributed by atoms with E-state index in [9.17, 15) is 13.5 Å². The maximum Gasteiger partial charge on any atom is 0.247 e. The number of rotatable bonds is 6. The van der Waals surface area contributed by atoms with Crippen LogP contribution in [-0.4, -0.2) is 66.6 Å². The van der Waals surface area contributed by atoms with Gasteiger partial charge in [-0.05, 0) is 55.8 Å². The highest BCUT2D eigenvalue weighted by molar-refractivity contribution is 7.89. The number of sulfonamides is 1. The fraction of sp³-hybridized carbons (Fsp3) is 0.345. The van der Waals surface area contributed by atoms with Crippen molar-refractivity contribution in [2.24, 2.45) is 5.92 Å². The largest absolute Gasteiger partial charge is 0.487 e. The third kappa shape index (κ3) is 6.56. The summed E-state index contributed by atoms with van der Waals surface area (Å²) in [5.74, 6) is 6.23. The molecule has 0 unspecified atom stereocenters. The van der Waals surface area contributed by atoms with E-state index in [1.807, 2.05) is 50.4 Å². The summed E-state index contributed by atoms with van der Waals surface area (Å²) in [4.78, 5) is 6.48. The highest BCUT2D eigenvalue weighted by Crippen LogP contribution is 2.34. The lowest BCUT2D eigenvalue weighted by Crippen LogP contribution is -2.49. The molecule has 1 aromatic heterocycles. The van der Waals surface area contributed by atoms with E-state index in [0.717, 1.165) is 6.54 Å². The maximum absolute atomic E-state index is 13.7. The average molecular weight is 520 g/mol. The van der Waals surface area contributed by atoms with E-state index < -0.39 is 16.1 Å². The number of hydrogen-bond acceptors (Lipinski definition) is 6. The number of aromatic nitrogens is 1. The van der Waals surface area contributed by atoms with Gasteiger partial charge in [0.2, 0.25) is 10.0 Å². The summed E-state index contributed by atoms with van der Waals surface area (Å²) in [6, 6.07) is 20.0. The van der Waals surface area contributed by atoms with Crippen LogP contribution in [0.4, 0.5) is 0 Å². The van der Waals surface area contributed by atoms with Gasteiger partial charge >= 0.3 is 0 Å². The summed E-state index contributed by atoms with van der Waals surface area (Å²) < 4.78 is 35.2. The molecule has 0 amide bonds. The van der Waals surface area contributed by atoms with Gasteiger partial charge in [0, 0.05) is 43.4 Å². The highest BCUT2D eigenvalue weighted by atomic mass is 32.2. The zero-order valence-electron chi connectivity index (χ0n) is 21.4. The second-order valence-corrected chi connectivity index (χ2v) is 11.4. The van der Waals surface area contributed by atoms with Crippen LogP contribution in [0.25, 0.3) is 0 Å². The Hall–Kier alpha value is -3.22. The summed E-state index contributed by atoms with van der Waals surface area (Å²) in [6.07, 6.45) is 1.39. The lowest BCUT2D eigenvalue weighted by atomic mass is 10.0. The fourth-order valence-electron chi connectivity index (χ4n) is 4.36. The minimum atomic E-state index is -3.90. The lowest BCUT2D eigenvalue weighted by molar-refractivity contribution is 0.0733. The van der Waals surface area contributed by atoms with Crippen molar-refractivity contribution < 1.29 is 18.3 Å². The number of fused-ring (bicyclic) bond motifs is 1. The Balaban J connectivity index is 1.69. The van der Waals surface area contributed by atoms with Crippen LogP contribution in [0.2, 0.25) is 0 Å². The maximum atomic E-state index is 13.7. The Morgan fingerprint density at radius 1 is 1.14 bits per heavy atom. The van der Waals surface area contributed by atoms with Crippen molar-refractivity contribution in [1.82, 2.24) is 14.2 Å². The zero-order valence-corrected chi connectivity index (χ0v) is 22.2. The summed E-state index contributed by atoms with van der Waals surface area (Å²) >= 11 is 0. The summed E-state index contributed by atoms with van der Waals surface area (Å²) in [6.45, 7) is 5.02. The number of likely N-dealkylation sites (N-methyl/N-ethyl adjacent to an activating group) is 1. The molecule has 37 heavy (non-hydrogen) atoms. The molecular formula is C29H33N3O4S. The standard InChI is InChI=1S/C29H33N3O4S/c1-22-18-32(23(2)21-33)37(34,35)29-15-13-24(12-14-26-11-7-8-16-30-26)17-27(29)36-28(22)20-31(3)19-25-9-5-4-6-10-25/h4-11,13,15-17,22-23,28,33H,18-21H2,1-3H3/t22-,23+,28-/m0/s1. The molecule has 4 rings (SSSR count). The van der Waals surface area contributed by atoms with Crippen molar-refractivity contribution >= 4 is 10.0 Å². The predicted molar refractivity (Wildman–Crippen MR) is 143 cm³/mol. The first-order valence-electron chi connectivity index (χ1n) is 12.4. The molecule has 1 N–H and O–H groups in total. The molecule has 2 aromatic carbocycles. The Morgan fingerprint density at radius 2 is 1.89 bits per heavy atom. The summed E-state index contributed by atoms with van der Waals surface area (Å²) in [5, 5.41) is 9.84. The molecule has 0 spiro atoms. The van der Waals surface area contributed by atoms with Crippen molar-refractivity contribution in [1.29, 1.82) is 0 Å². The molecule has 1 aliphatic heterocycles. The molecule has 0 radical (unpaired) electrons. The number of benzene rings is 2. The van der Waals surface area contributed by atoms with E-state index in [0.29, 0.717) is 17.8 Å². The predicted octanol–water partition coefficient (Wildman–Crippen LogP) is 3.38. The van der Waals surface area contributed by atoms with Gasteiger partial charge in [-0.1, -0.05) is 49.2 Å². The zero-order chi connectivity index (χ0) is 26.4. The van der Waals surface area contributed by atoms with Crippen molar-refractivity contribution in [2.45, 2.75) is 37.4 Å². The van der Waals surface area contributed by atoms with E-state index in [1.165, 1.54) is 9.87 Å². The number of hydrogen-bond donors (Lipinski definition) is 1. The number of pyridine rings is 1. The van der Waals surface area contributed by atoms with Crippen LogP contribution in [0, 0.1) is 17.8 Å². The number of aliphatic hydroxyl groups excluding tert-OH is 1. The first-order valence-corrected chi connectivity index (χ1v) is 13.8. The van der Waals surface area contributed by atoms with Crippen molar-refractivity contribution in [2.75, 3.05) is 26.7 Å². The van der Waals surface area contributed by atoms with Crippen molar-refractivity contribution in [3.63, 3.8) is 0 Å². The van der Waals surface area contributed by atoms with Gasteiger partial charge in [0.05, 0.1) is 6.61 Å². The number of nitrogens with zero attached hydrogens (tertiary/aromatic N) is 3. The normalized spacial score (nSPS) is 20.0. The van der Waals surface area contributed by atoms with Crippen LogP contribution >= 0.6 is 0 Å². The van der Waals surface area contributed by atoms with Gasteiger partial charge in [0.25, 0.3) is 0 Å². The van der Waals surface area contributed by atoms with Crippen LogP contribution in [0.1, 0.15) is 30.7 Å². The quantitative estimate of drug-likeness (QED) is 0.503. The van der Waals surface area contributed by atoms with Gasteiger partial charge in [-0.2, -0.15) is 4.31 Å². The minimum Gasteiger partial charge on any atom is -0.487 e. The minimum absolute atomic E-state index is 0.0822. The van der Waals surface area contributed by atoms with E-state index in [1.54, 1.807) is 31.3 Å². The van der Waals surface area contributed by atoms with E-state index >= 15 is 0 Å². The van der Waals surface area contributed by atoms with E-state index in [2.05, 4.69) is 33.9 Å². The Labute approximate surface area is 219 Å². The monoisotopic (exact) mass is 519 g/mol. The van der Waals surface area contributed by atoms with E-state index in [-0.39, 0.29) is 35.8 Å². The SMILES string of the molecule is C[C@H](CO)N1C[C@H](C)[C@H](CN(C)Cc2ccccc2)Oc2cc(C#Cc3ccccn3)ccc2S1(=O)=O. The lowest BCUT2D eigenvalue weighted by Gasteiger charge is -2.37. The molecule has 194 valence electrons. The van der Waals surface area contributed by atoms with Gasteiger partial charge < -0.3 is 9.84 Å². The fourth-order valence-corrected chi connectivity index (χ4v) is 6.19. The molecule has 1 aliphatic rings. The molecule has 0 saturated carbocycles. The number of aliphatic hydroxyl groups is 1. The first-order chi connectivity index (χ1) is 17.8.